The second-order valence-electron chi connectivity index (χ2n) is 2.98. The number of esters is 1. The van der Waals surface area contributed by atoms with E-state index in [2.05, 4.69) is 4.74 Å². The van der Waals surface area contributed by atoms with Crippen LogP contribution >= 0.6 is 0 Å². The molecule has 0 unspecified atom stereocenters. The van der Waals surface area contributed by atoms with Crippen LogP contribution in [0.4, 0.5) is 11.4 Å². The van der Waals surface area contributed by atoms with Gasteiger partial charge in [-0.1, -0.05) is 0 Å². The average Bonchev–Trinajstić information content (AvgIpc) is 2.15. The standard InChI is InChI=1S/C9H10N2O4/c1-5-3-6(10)4-7(11(13)14)8(5)9(12)15-2/h3-4H,10H2,1-2H3. The van der Waals surface area contributed by atoms with E-state index in [-0.39, 0.29) is 16.9 Å². The Morgan fingerprint density at radius 2 is 2.13 bits per heavy atom. The summed E-state index contributed by atoms with van der Waals surface area (Å²) < 4.78 is 4.46. The Hall–Kier alpha value is -2.11. The van der Waals surface area contributed by atoms with Crippen molar-refractivity contribution >= 4 is 17.3 Å². The van der Waals surface area contributed by atoms with E-state index < -0.39 is 10.9 Å². The Morgan fingerprint density at radius 1 is 1.53 bits per heavy atom. The minimum atomic E-state index is -0.737. The fourth-order valence-electron chi connectivity index (χ4n) is 1.31. The highest BCUT2D eigenvalue weighted by Crippen LogP contribution is 2.26. The van der Waals surface area contributed by atoms with Crippen molar-refractivity contribution in [2.75, 3.05) is 12.8 Å². The molecule has 0 spiro atoms. The predicted molar refractivity (Wildman–Crippen MR) is 53.6 cm³/mol. The molecular formula is C9H10N2O4. The zero-order valence-electron chi connectivity index (χ0n) is 8.31. The Kier molecular flexibility index (Phi) is 2.89. The molecule has 0 atom stereocenters. The van der Waals surface area contributed by atoms with Gasteiger partial charge < -0.3 is 10.5 Å². The smallest absolute Gasteiger partial charge is 0.345 e. The normalized spacial score (nSPS) is 9.73. The average molecular weight is 210 g/mol. The molecule has 0 aliphatic carbocycles. The number of nitro groups is 1. The number of methoxy groups -OCH3 is 1. The third kappa shape index (κ3) is 2.04. The lowest BCUT2D eigenvalue weighted by atomic mass is 10.1. The Morgan fingerprint density at radius 3 is 2.60 bits per heavy atom. The molecule has 0 amide bonds. The lowest BCUT2D eigenvalue weighted by Crippen LogP contribution is -2.08. The van der Waals surface area contributed by atoms with Crippen LogP contribution < -0.4 is 5.73 Å². The highest BCUT2D eigenvalue weighted by molar-refractivity contribution is 5.96. The molecule has 0 fully saturated rings. The first-order chi connectivity index (χ1) is 6.97. The molecule has 0 saturated carbocycles. The number of nitrogen functional groups attached to an aromatic ring is 1. The molecular weight excluding hydrogens is 200 g/mol. The maximum absolute atomic E-state index is 11.3. The van der Waals surface area contributed by atoms with Crippen molar-refractivity contribution in [3.63, 3.8) is 0 Å². The summed E-state index contributed by atoms with van der Waals surface area (Å²) >= 11 is 0. The van der Waals surface area contributed by atoms with Gasteiger partial charge in [-0.15, -0.1) is 0 Å². The van der Waals surface area contributed by atoms with E-state index in [1.54, 1.807) is 6.92 Å². The van der Waals surface area contributed by atoms with Gasteiger partial charge in [0.1, 0.15) is 5.56 Å². The number of hydrogen-bond acceptors (Lipinski definition) is 5. The molecule has 0 aromatic heterocycles. The summed E-state index contributed by atoms with van der Waals surface area (Å²) in [4.78, 5) is 21.3. The van der Waals surface area contributed by atoms with Gasteiger partial charge in [-0.25, -0.2) is 4.79 Å². The Bertz CT molecular complexity index is 428. The summed E-state index contributed by atoms with van der Waals surface area (Å²) in [6, 6.07) is 2.62. The van der Waals surface area contributed by atoms with Crippen molar-refractivity contribution in [1.82, 2.24) is 0 Å². The highest BCUT2D eigenvalue weighted by atomic mass is 16.6. The molecule has 1 aromatic rings. The second-order valence-corrected chi connectivity index (χ2v) is 2.98. The first-order valence-corrected chi connectivity index (χ1v) is 4.10. The molecule has 0 heterocycles. The summed E-state index contributed by atoms with van der Waals surface area (Å²) in [7, 11) is 1.17. The quantitative estimate of drug-likeness (QED) is 0.343. The first-order valence-electron chi connectivity index (χ1n) is 4.10. The number of carbonyl (C=O) groups is 1. The van der Waals surface area contributed by atoms with E-state index in [1.807, 2.05) is 0 Å². The zero-order chi connectivity index (χ0) is 11.6. The van der Waals surface area contributed by atoms with Crippen LogP contribution in [0.25, 0.3) is 0 Å². The summed E-state index contributed by atoms with van der Waals surface area (Å²) in [5.74, 6) is -0.737. The van der Waals surface area contributed by atoms with E-state index in [0.717, 1.165) is 6.07 Å². The van der Waals surface area contributed by atoms with Crippen LogP contribution in [0.1, 0.15) is 15.9 Å². The molecule has 1 aromatic carbocycles. The molecule has 2 N–H and O–H groups in total. The van der Waals surface area contributed by atoms with E-state index >= 15 is 0 Å². The van der Waals surface area contributed by atoms with Gasteiger partial charge >= 0.3 is 5.97 Å². The first kappa shape index (κ1) is 11.0. The number of carbonyl (C=O) groups excluding carboxylic acids is 1. The molecule has 6 heteroatoms. The van der Waals surface area contributed by atoms with Gasteiger partial charge in [0.05, 0.1) is 12.0 Å². The summed E-state index contributed by atoms with van der Waals surface area (Å²) in [6.45, 7) is 1.57. The fourth-order valence-corrected chi connectivity index (χ4v) is 1.31. The Labute approximate surface area is 85.8 Å². The number of nitrogens with two attached hydrogens (primary N) is 1. The van der Waals surface area contributed by atoms with Crippen LogP contribution in [-0.4, -0.2) is 18.0 Å². The van der Waals surface area contributed by atoms with Crippen LogP contribution in [-0.2, 0) is 4.74 Å². The van der Waals surface area contributed by atoms with Crippen molar-refractivity contribution in [1.29, 1.82) is 0 Å². The van der Waals surface area contributed by atoms with Crippen LogP contribution in [0.3, 0.4) is 0 Å². The van der Waals surface area contributed by atoms with Crippen molar-refractivity contribution in [3.8, 4) is 0 Å². The zero-order valence-corrected chi connectivity index (χ0v) is 8.31. The molecule has 15 heavy (non-hydrogen) atoms. The predicted octanol–water partition coefficient (Wildman–Crippen LogP) is 1.27. The van der Waals surface area contributed by atoms with Crippen molar-refractivity contribution in [2.45, 2.75) is 6.92 Å². The number of benzene rings is 1. The molecule has 6 nitrogen and oxygen atoms in total. The summed E-state index contributed by atoms with van der Waals surface area (Å²) in [5, 5.41) is 10.7. The van der Waals surface area contributed by atoms with Gasteiger partial charge in [0, 0.05) is 11.8 Å². The van der Waals surface area contributed by atoms with E-state index in [4.69, 9.17) is 5.73 Å². The second kappa shape index (κ2) is 3.95. The van der Waals surface area contributed by atoms with Crippen molar-refractivity contribution in [3.05, 3.63) is 33.4 Å². The van der Waals surface area contributed by atoms with Gasteiger partial charge in [-0.05, 0) is 18.6 Å². The molecule has 0 bridgehead atoms. The van der Waals surface area contributed by atoms with Gasteiger partial charge in [0.25, 0.3) is 5.69 Å². The summed E-state index contributed by atoms with van der Waals surface area (Å²) in [6.07, 6.45) is 0. The fraction of sp³-hybridized carbons (Fsp3) is 0.222. The number of aryl methyl sites for hydroxylation is 1. The van der Waals surface area contributed by atoms with Crippen molar-refractivity contribution in [2.24, 2.45) is 0 Å². The number of rotatable bonds is 2. The molecule has 80 valence electrons. The molecule has 0 aliphatic heterocycles. The maximum atomic E-state index is 11.3. The molecule has 1 rings (SSSR count). The molecule has 0 radical (unpaired) electrons. The van der Waals surface area contributed by atoms with Gasteiger partial charge in [-0.2, -0.15) is 0 Å². The molecule has 0 saturated heterocycles. The van der Waals surface area contributed by atoms with E-state index in [0.29, 0.717) is 5.56 Å². The van der Waals surface area contributed by atoms with Crippen LogP contribution in [0.15, 0.2) is 12.1 Å². The third-order valence-corrected chi connectivity index (χ3v) is 1.92. The Balaban J connectivity index is 3.46. The van der Waals surface area contributed by atoms with E-state index in [9.17, 15) is 14.9 Å². The molecule has 0 aliphatic rings. The van der Waals surface area contributed by atoms with E-state index in [1.165, 1.54) is 13.2 Å². The highest BCUT2D eigenvalue weighted by Gasteiger charge is 2.23. The van der Waals surface area contributed by atoms with Gasteiger partial charge in [0.15, 0.2) is 0 Å². The number of ether oxygens (including phenoxy) is 1. The summed E-state index contributed by atoms with van der Waals surface area (Å²) in [5.41, 5.74) is 5.73. The van der Waals surface area contributed by atoms with Crippen LogP contribution in [0, 0.1) is 17.0 Å². The lowest BCUT2D eigenvalue weighted by Gasteiger charge is -2.05. The minimum absolute atomic E-state index is 0.0586. The maximum Gasteiger partial charge on any atom is 0.345 e. The van der Waals surface area contributed by atoms with Gasteiger partial charge in [-0.3, -0.25) is 10.1 Å². The third-order valence-electron chi connectivity index (χ3n) is 1.92. The monoisotopic (exact) mass is 210 g/mol. The van der Waals surface area contributed by atoms with Gasteiger partial charge in [0.2, 0.25) is 0 Å². The number of nitrogens with zero attached hydrogens (tertiary/aromatic N) is 1. The minimum Gasteiger partial charge on any atom is -0.465 e. The largest absolute Gasteiger partial charge is 0.465 e. The van der Waals surface area contributed by atoms with Crippen molar-refractivity contribution < 1.29 is 14.5 Å². The SMILES string of the molecule is COC(=O)c1c(C)cc(N)cc1[N+](=O)[O-]. The number of hydrogen-bond donors (Lipinski definition) is 1. The topological polar surface area (TPSA) is 95.5 Å². The van der Waals surface area contributed by atoms with Crippen LogP contribution in [0.2, 0.25) is 0 Å². The number of anilines is 1. The number of nitro benzene ring substituents is 1. The lowest BCUT2D eigenvalue weighted by molar-refractivity contribution is -0.385. The van der Waals surface area contributed by atoms with Crippen LogP contribution in [0.5, 0.6) is 0 Å².